The number of carbonyl (C=O) groups excluding carboxylic acids is 2. The lowest BCUT2D eigenvalue weighted by molar-refractivity contribution is 0.0959. The van der Waals surface area contributed by atoms with E-state index in [4.69, 9.17) is 9.47 Å². The molecule has 0 radical (unpaired) electrons. The lowest BCUT2D eigenvalue weighted by atomic mass is 10.1. The van der Waals surface area contributed by atoms with Crippen molar-refractivity contribution in [2.24, 2.45) is 0 Å². The third kappa shape index (κ3) is 4.38. The molecular weight excluding hydrogens is 320 g/mol. The van der Waals surface area contributed by atoms with E-state index in [9.17, 15) is 9.59 Å². The molecule has 0 aliphatic heterocycles. The predicted octanol–water partition coefficient (Wildman–Crippen LogP) is 2.87. The molecule has 0 fully saturated rings. The van der Waals surface area contributed by atoms with Crippen molar-refractivity contribution in [2.45, 2.75) is 0 Å². The van der Waals surface area contributed by atoms with Gasteiger partial charge in [0.25, 0.3) is 11.8 Å². The molecule has 0 saturated heterocycles. The summed E-state index contributed by atoms with van der Waals surface area (Å²) in [7, 11) is 3.02. The minimum absolute atomic E-state index is 0.289. The van der Waals surface area contributed by atoms with Crippen molar-refractivity contribution in [2.75, 3.05) is 26.1 Å². The molecule has 2 N–H and O–H groups in total. The summed E-state index contributed by atoms with van der Waals surface area (Å²) in [5.74, 6) is 0.337. The first-order valence-electron chi connectivity index (χ1n) is 7.62. The van der Waals surface area contributed by atoms with Gasteiger partial charge in [0.15, 0.2) is 11.5 Å². The van der Waals surface area contributed by atoms with E-state index < -0.39 is 0 Å². The van der Waals surface area contributed by atoms with Crippen LogP contribution in [0.5, 0.6) is 11.5 Å². The van der Waals surface area contributed by atoms with Gasteiger partial charge in [-0.2, -0.15) is 0 Å². The van der Waals surface area contributed by atoms with Gasteiger partial charge in [0, 0.05) is 12.1 Å². The number of ether oxygens (including phenoxy) is 2. The fourth-order valence-corrected chi connectivity index (χ4v) is 2.22. The number of methoxy groups -OCH3 is 2. The van der Waals surface area contributed by atoms with Crippen molar-refractivity contribution in [3.05, 3.63) is 66.2 Å². The van der Waals surface area contributed by atoms with E-state index in [1.54, 1.807) is 48.5 Å². The van der Waals surface area contributed by atoms with E-state index in [-0.39, 0.29) is 11.8 Å². The highest BCUT2D eigenvalue weighted by Crippen LogP contribution is 2.28. The van der Waals surface area contributed by atoms with Crippen LogP contribution < -0.4 is 20.1 Å². The maximum absolute atomic E-state index is 12.5. The van der Waals surface area contributed by atoms with Gasteiger partial charge in [-0.3, -0.25) is 9.59 Å². The maximum atomic E-state index is 12.5. The van der Waals surface area contributed by atoms with Crippen LogP contribution in [0.3, 0.4) is 0 Å². The van der Waals surface area contributed by atoms with Crippen molar-refractivity contribution in [3.63, 3.8) is 0 Å². The molecule has 2 aromatic rings. The molecule has 0 bridgehead atoms. The second-order valence-electron chi connectivity index (χ2n) is 5.07. The number of hydrogen-bond acceptors (Lipinski definition) is 4. The van der Waals surface area contributed by atoms with Crippen molar-refractivity contribution in [1.82, 2.24) is 5.32 Å². The number of benzene rings is 2. The highest BCUT2D eigenvalue weighted by Gasteiger charge is 2.15. The molecule has 0 atom stereocenters. The fraction of sp³-hybridized carbons (Fsp3) is 0.158. The SMILES string of the molecule is C=CCNC(=O)c1ccccc1NC(=O)c1ccc(OC)c(OC)c1. The van der Waals surface area contributed by atoms with Gasteiger partial charge in [-0.15, -0.1) is 6.58 Å². The van der Waals surface area contributed by atoms with Gasteiger partial charge in [0.1, 0.15) is 0 Å². The molecule has 0 saturated carbocycles. The van der Waals surface area contributed by atoms with E-state index >= 15 is 0 Å². The smallest absolute Gasteiger partial charge is 0.255 e. The number of amides is 2. The zero-order valence-corrected chi connectivity index (χ0v) is 14.2. The number of anilines is 1. The molecule has 2 aromatic carbocycles. The summed E-state index contributed by atoms with van der Waals surface area (Å²) < 4.78 is 10.4. The van der Waals surface area contributed by atoms with E-state index in [1.807, 2.05) is 0 Å². The van der Waals surface area contributed by atoms with E-state index in [2.05, 4.69) is 17.2 Å². The normalized spacial score (nSPS) is 9.84. The number of carbonyl (C=O) groups is 2. The van der Waals surface area contributed by atoms with Crippen LogP contribution >= 0.6 is 0 Å². The Morgan fingerprint density at radius 2 is 1.76 bits per heavy atom. The molecule has 0 aliphatic rings. The lowest BCUT2D eigenvalue weighted by Crippen LogP contribution is -2.25. The molecule has 6 nitrogen and oxygen atoms in total. The zero-order valence-electron chi connectivity index (χ0n) is 14.2. The topological polar surface area (TPSA) is 76.7 Å². The average molecular weight is 340 g/mol. The van der Waals surface area contributed by atoms with Crippen LogP contribution in [0.4, 0.5) is 5.69 Å². The molecule has 0 aromatic heterocycles. The van der Waals surface area contributed by atoms with Crippen LogP contribution in [-0.4, -0.2) is 32.6 Å². The summed E-state index contributed by atoms with van der Waals surface area (Å²) >= 11 is 0. The van der Waals surface area contributed by atoms with Crippen LogP contribution in [0, 0.1) is 0 Å². The Hall–Kier alpha value is -3.28. The van der Waals surface area contributed by atoms with Gasteiger partial charge in [-0.25, -0.2) is 0 Å². The van der Waals surface area contributed by atoms with Crippen LogP contribution in [0.15, 0.2) is 55.1 Å². The van der Waals surface area contributed by atoms with Gasteiger partial charge in [0.05, 0.1) is 25.5 Å². The van der Waals surface area contributed by atoms with E-state index in [0.717, 1.165) is 0 Å². The highest BCUT2D eigenvalue weighted by molar-refractivity contribution is 6.09. The Kier molecular flexibility index (Phi) is 6.17. The summed E-state index contributed by atoms with van der Waals surface area (Å²) in [5.41, 5.74) is 1.18. The first-order valence-corrected chi connectivity index (χ1v) is 7.62. The van der Waals surface area contributed by atoms with Gasteiger partial charge in [0.2, 0.25) is 0 Å². The molecule has 2 amide bonds. The van der Waals surface area contributed by atoms with Crippen LogP contribution in [0.25, 0.3) is 0 Å². The number of para-hydroxylation sites is 1. The molecule has 0 spiro atoms. The highest BCUT2D eigenvalue weighted by atomic mass is 16.5. The van der Waals surface area contributed by atoms with Crippen LogP contribution in [0.1, 0.15) is 20.7 Å². The zero-order chi connectivity index (χ0) is 18.2. The molecular formula is C19H20N2O4. The minimum atomic E-state index is -0.357. The quantitative estimate of drug-likeness (QED) is 0.760. The monoisotopic (exact) mass is 340 g/mol. The second-order valence-corrected chi connectivity index (χ2v) is 5.07. The van der Waals surface area contributed by atoms with Gasteiger partial charge in [-0.05, 0) is 30.3 Å². The summed E-state index contributed by atoms with van der Waals surface area (Å²) in [6, 6.07) is 11.6. The molecule has 0 unspecified atom stereocenters. The van der Waals surface area contributed by atoms with Crippen molar-refractivity contribution < 1.29 is 19.1 Å². The fourth-order valence-electron chi connectivity index (χ4n) is 2.22. The van der Waals surface area contributed by atoms with Crippen molar-refractivity contribution in [1.29, 1.82) is 0 Å². The van der Waals surface area contributed by atoms with Gasteiger partial charge < -0.3 is 20.1 Å². The first kappa shape index (κ1) is 18.1. The third-order valence-corrected chi connectivity index (χ3v) is 3.47. The third-order valence-electron chi connectivity index (χ3n) is 3.47. The maximum Gasteiger partial charge on any atom is 0.255 e. The van der Waals surface area contributed by atoms with E-state index in [1.165, 1.54) is 14.2 Å². The minimum Gasteiger partial charge on any atom is -0.493 e. The summed E-state index contributed by atoms with van der Waals surface area (Å²) in [4.78, 5) is 24.7. The molecule has 0 aliphatic carbocycles. The molecule has 25 heavy (non-hydrogen) atoms. The standard InChI is InChI=1S/C19H20N2O4/c1-4-11-20-19(23)14-7-5-6-8-15(14)21-18(22)13-9-10-16(24-2)17(12-13)25-3/h4-10,12H,1,11H2,2-3H3,(H,20,23)(H,21,22). The first-order chi connectivity index (χ1) is 12.1. The van der Waals surface area contributed by atoms with Gasteiger partial charge in [-0.1, -0.05) is 18.2 Å². The van der Waals surface area contributed by atoms with Crippen LogP contribution in [0.2, 0.25) is 0 Å². The Morgan fingerprint density at radius 3 is 2.44 bits per heavy atom. The largest absolute Gasteiger partial charge is 0.493 e. The number of rotatable bonds is 7. The number of nitrogens with one attached hydrogen (secondary N) is 2. The summed E-state index contributed by atoms with van der Waals surface area (Å²) in [6.07, 6.45) is 1.59. The Labute approximate surface area is 146 Å². The molecule has 6 heteroatoms. The van der Waals surface area contributed by atoms with Crippen molar-refractivity contribution >= 4 is 17.5 Å². The van der Waals surface area contributed by atoms with Crippen LogP contribution in [-0.2, 0) is 0 Å². The van der Waals surface area contributed by atoms with Gasteiger partial charge >= 0.3 is 0 Å². The second kappa shape index (κ2) is 8.54. The van der Waals surface area contributed by atoms with E-state index in [0.29, 0.717) is 34.9 Å². The lowest BCUT2D eigenvalue weighted by Gasteiger charge is -2.12. The van der Waals surface area contributed by atoms with Crippen molar-refractivity contribution in [3.8, 4) is 11.5 Å². The predicted molar refractivity (Wildman–Crippen MR) is 96.5 cm³/mol. The average Bonchev–Trinajstić information content (AvgIpc) is 2.65. The Morgan fingerprint density at radius 1 is 1.04 bits per heavy atom. The number of hydrogen-bond donors (Lipinski definition) is 2. The molecule has 0 heterocycles. The Bertz CT molecular complexity index is 787. The summed E-state index contributed by atoms with van der Waals surface area (Å²) in [5, 5.41) is 5.44. The summed E-state index contributed by atoms with van der Waals surface area (Å²) in [6.45, 7) is 3.90. The molecule has 130 valence electrons. The molecule has 2 rings (SSSR count). The Balaban J connectivity index is 2.24.